The monoisotopic (exact) mass is 374 g/mol. The van der Waals surface area contributed by atoms with E-state index in [9.17, 15) is 13.6 Å². The first-order valence-electron chi connectivity index (χ1n) is 7.98. The summed E-state index contributed by atoms with van der Waals surface area (Å²) in [5.41, 5.74) is 1.60. The van der Waals surface area contributed by atoms with Gasteiger partial charge in [0.1, 0.15) is 23.1 Å². The fourth-order valence-corrected chi connectivity index (χ4v) is 3.14. The topological polar surface area (TPSA) is 51.2 Å². The Kier molecular flexibility index (Phi) is 5.58. The number of thiazole rings is 1. The molecule has 4 nitrogen and oxygen atoms in total. The van der Waals surface area contributed by atoms with Gasteiger partial charge in [-0.05, 0) is 36.8 Å². The number of carbonyl (C=O) groups excluding carboxylic acids is 1. The van der Waals surface area contributed by atoms with Crippen molar-refractivity contribution in [2.75, 3.05) is 6.54 Å². The number of hydrogen-bond acceptors (Lipinski definition) is 4. The van der Waals surface area contributed by atoms with Crippen molar-refractivity contribution in [3.05, 3.63) is 70.7 Å². The summed E-state index contributed by atoms with van der Waals surface area (Å²) in [5, 5.41) is 5.04. The molecule has 1 heterocycles. The molecule has 0 bridgehead atoms. The first kappa shape index (κ1) is 18.0. The van der Waals surface area contributed by atoms with Crippen molar-refractivity contribution >= 4 is 17.2 Å². The third kappa shape index (κ3) is 4.05. The van der Waals surface area contributed by atoms with Crippen molar-refractivity contribution in [3.8, 4) is 16.3 Å². The van der Waals surface area contributed by atoms with Crippen LogP contribution >= 0.6 is 11.3 Å². The normalized spacial score (nSPS) is 10.6. The number of ether oxygens (including phenoxy) is 1. The number of hydrogen-bond donors (Lipinski definition) is 1. The second-order valence-electron chi connectivity index (χ2n) is 5.43. The van der Waals surface area contributed by atoms with E-state index in [0.717, 1.165) is 17.7 Å². The summed E-state index contributed by atoms with van der Waals surface area (Å²) < 4.78 is 32.1. The number of aromatic nitrogens is 1. The molecule has 0 spiro atoms. The van der Waals surface area contributed by atoms with Crippen LogP contribution in [0, 0.1) is 11.6 Å². The maximum atomic E-state index is 13.3. The quantitative estimate of drug-likeness (QED) is 0.695. The SMILES string of the molecule is CCNC(=O)c1csc(-c2ccccc2OCc2ccc(F)c(F)c2)n1. The van der Waals surface area contributed by atoms with Gasteiger partial charge in [-0.1, -0.05) is 18.2 Å². The lowest BCUT2D eigenvalue weighted by Crippen LogP contribution is -2.22. The average molecular weight is 374 g/mol. The summed E-state index contributed by atoms with van der Waals surface area (Å²) in [6, 6.07) is 10.9. The highest BCUT2D eigenvalue weighted by molar-refractivity contribution is 7.13. The van der Waals surface area contributed by atoms with E-state index in [1.807, 2.05) is 25.1 Å². The van der Waals surface area contributed by atoms with Crippen LogP contribution in [0.1, 0.15) is 23.0 Å². The van der Waals surface area contributed by atoms with Crippen molar-refractivity contribution in [2.45, 2.75) is 13.5 Å². The van der Waals surface area contributed by atoms with Crippen LogP contribution in [0.5, 0.6) is 5.75 Å². The number of nitrogens with one attached hydrogen (secondary N) is 1. The highest BCUT2D eigenvalue weighted by atomic mass is 32.1. The van der Waals surface area contributed by atoms with Gasteiger partial charge < -0.3 is 10.1 Å². The number of halogens is 2. The molecule has 0 aliphatic heterocycles. The zero-order valence-corrected chi connectivity index (χ0v) is 14.8. The highest BCUT2D eigenvalue weighted by Crippen LogP contribution is 2.32. The average Bonchev–Trinajstić information content (AvgIpc) is 3.13. The third-order valence-electron chi connectivity index (χ3n) is 3.57. The van der Waals surface area contributed by atoms with Gasteiger partial charge in [-0.3, -0.25) is 4.79 Å². The Morgan fingerprint density at radius 1 is 1.19 bits per heavy atom. The smallest absolute Gasteiger partial charge is 0.270 e. The van der Waals surface area contributed by atoms with Crippen molar-refractivity contribution in [1.29, 1.82) is 0 Å². The molecule has 2 aromatic carbocycles. The van der Waals surface area contributed by atoms with Gasteiger partial charge in [0.2, 0.25) is 0 Å². The molecule has 7 heteroatoms. The van der Waals surface area contributed by atoms with Crippen LogP contribution in [-0.4, -0.2) is 17.4 Å². The number of nitrogens with zero attached hydrogens (tertiary/aromatic N) is 1. The lowest BCUT2D eigenvalue weighted by molar-refractivity contribution is 0.0951. The molecule has 134 valence electrons. The molecule has 3 rings (SSSR count). The Bertz CT molecular complexity index is 927. The fraction of sp³-hybridized carbons (Fsp3) is 0.158. The van der Waals surface area contributed by atoms with Crippen LogP contribution in [-0.2, 0) is 6.61 Å². The van der Waals surface area contributed by atoms with Crippen LogP contribution < -0.4 is 10.1 Å². The lowest BCUT2D eigenvalue weighted by atomic mass is 10.2. The summed E-state index contributed by atoms with van der Waals surface area (Å²) in [5.74, 6) is -1.48. The maximum Gasteiger partial charge on any atom is 0.270 e. The molecule has 0 saturated heterocycles. The van der Waals surface area contributed by atoms with Gasteiger partial charge in [0.25, 0.3) is 5.91 Å². The Labute approximate surface area is 153 Å². The largest absolute Gasteiger partial charge is 0.488 e. The van der Waals surface area contributed by atoms with Gasteiger partial charge >= 0.3 is 0 Å². The Hall–Kier alpha value is -2.80. The number of benzene rings is 2. The summed E-state index contributed by atoms with van der Waals surface area (Å²) >= 11 is 1.34. The molecule has 26 heavy (non-hydrogen) atoms. The minimum absolute atomic E-state index is 0.0861. The van der Waals surface area contributed by atoms with Crippen LogP contribution in [0.15, 0.2) is 47.8 Å². The molecule has 1 aromatic heterocycles. The summed E-state index contributed by atoms with van der Waals surface area (Å²) in [6.45, 7) is 2.45. The van der Waals surface area contributed by atoms with Gasteiger partial charge in [-0.15, -0.1) is 11.3 Å². The van der Waals surface area contributed by atoms with E-state index in [4.69, 9.17) is 4.74 Å². The summed E-state index contributed by atoms with van der Waals surface area (Å²) in [7, 11) is 0. The first-order valence-corrected chi connectivity index (χ1v) is 8.86. The molecule has 0 fully saturated rings. The minimum atomic E-state index is -0.911. The highest BCUT2D eigenvalue weighted by Gasteiger charge is 2.14. The fourth-order valence-electron chi connectivity index (χ4n) is 2.31. The Morgan fingerprint density at radius 2 is 2.00 bits per heavy atom. The van der Waals surface area contributed by atoms with E-state index < -0.39 is 11.6 Å². The molecule has 3 aromatic rings. The molecular formula is C19H16F2N2O2S. The van der Waals surface area contributed by atoms with Crippen LogP contribution in [0.3, 0.4) is 0 Å². The second kappa shape index (κ2) is 8.05. The maximum absolute atomic E-state index is 13.3. The van der Waals surface area contributed by atoms with E-state index in [1.165, 1.54) is 17.4 Å². The molecule has 0 atom stereocenters. The van der Waals surface area contributed by atoms with Crippen molar-refractivity contribution in [3.63, 3.8) is 0 Å². The molecule has 0 aliphatic rings. The zero-order valence-electron chi connectivity index (χ0n) is 14.0. The molecule has 1 N–H and O–H groups in total. The molecule has 0 radical (unpaired) electrons. The third-order valence-corrected chi connectivity index (χ3v) is 4.45. The number of carbonyl (C=O) groups is 1. The molecular weight excluding hydrogens is 358 g/mol. The van der Waals surface area contributed by atoms with Gasteiger partial charge in [-0.25, -0.2) is 13.8 Å². The summed E-state index contributed by atoms with van der Waals surface area (Å²) in [4.78, 5) is 16.2. The minimum Gasteiger partial charge on any atom is -0.488 e. The summed E-state index contributed by atoms with van der Waals surface area (Å²) in [6.07, 6.45) is 0. The van der Waals surface area contributed by atoms with Crippen molar-refractivity contribution in [1.82, 2.24) is 10.3 Å². The number of para-hydroxylation sites is 1. The van der Waals surface area contributed by atoms with E-state index in [1.54, 1.807) is 11.4 Å². The van der Waals surface area contributed by atoms with E-state index in [0.29, 0.717) is 28.6 Å². The standard InChI is InChI=1S/C19H16F2N2O2S/c1-2-22-18(24)16-11-26-19(23-16)13-5-3-4-6-17(13)25-10-12-7-8-14(20)15(21)9-12/h3-9,11H,2,10H2,1H3,(H,22,24). The first-order chi connectivity index (χ1) is 12.6. The second-order valence-corrected chi connectivity index (χ2v) is 6.29. The Balaban J connectivity index is 1.80. The molecule has 0 unspecified atom stereocenters. The van der Waals surface area contributed by atoms with Crippen molar-refractivity contribution < 1.29 is 18.3 Å². The van der Waals surface area contributed by atoms with Gasteiger partial charge in [0.15, 0.2) is 11.6 Å². The predicted octanol–water partition coefficient (Wildman–Crippen LogP) is 4.42. The van der Waals surface area contributed by atoms with Crippen LogP contribution in [0.4, 0.5) is 8.78 Å². The van der Waals surface area contributed by atoms with E-state index in [-0.39, 0.29) is 12.5 Å². The van der Waals surface area contributed by atoms with Crippen LogP contribution in [0.2, 0.25) is 0 Å². The predicted molar refractivity (Wildman–Crippen MR) is 96.2 cm³/mol. The zero-order chi connectivity index (χ0) is 18.5. The van der Waals surface area contributed by atoms with E-state index >= 15 is 0 Å². The Morgan fingerprint density at radius 3 is 2.77 bits per heavy atom. The van der Waals surface area contributed by atoms with Gasteiger partial charge in [-0.2, -0.15) is 0 Å². The molecule has 0 saturated carbocycles. The van der Waals surface area contributed by atoms with Gasteiger partial charge in [0.05, 0.1) is 5.56 Å². The van der Waals surface area contributed by atoms with Gasteiger partial charge in [0, 0.05) is 11.9 Å². The number of rotatable bonds is 6. The number of amides is 1. The lowest BCUT2D eigenvalue weighted by Gasteiger charge is -2.10. The molecule has 0 aliphatic carbocycles. The van der Waals surface area contributed by atoms with Crippen LogP contribution in [0.25, 0.3) is 10.6 Å². The molecule has 1 amide bonds. The van der Waals surface area contributed by atoms with Crippen molar-refractivity contribution in [2.24, 2.45) is 0 Å². The van der Waals surface area contributed by atoms with E-state index in [2.05, 4.69) is 10.3 Å².